The summed E-state index contributed by atoms with van der Waals surface area (Å²) in [6.45, 7) is 4.75. The van der Waals surface area contributed by atoms with E-state index in [4.69, 9.17) is 34.3 Å². The maximum absolute atomic E-state index is 6.12. The highest BCUT2D eigenvalue weighted by Crippen LogP contribution is 2.26. The van der Waals surface area contributed by atoms with Crippen molar-refractivity contribution in [1.29, 1.82) is 0 Å². The molecule has 0 atom stereocenters. The minimum Gasteiger partial charge on any atom is -0.467 e. The van der Waals surface area contributed by atoms with Gasteiger partial charge in [0.1, 0.15) is 5.02 Å². The van der Waals surface area contributed by atoms with Gasteiger partial charge in [-0.1, -0.05) is 23.8 Å². The molecule has 0 radical (unpaired) electrons. The van der Waals surface area contributed by atoms with Crippen molar-refractivity contribution in [2.24, 2.45) is 5.73 Å². The van der Waals surface area contributed by atoms with Gasteiger partial charge in [-0.25, -0.2) is 4.98 Å². The monoisotopic (exact) mass is 288 g/mol. The van der Waals surface area contributed by atoms with E-state index >= 15 is 0 Å². The van der Waals surface area contributed by atoms with E-state index < -0.39 is 0 Å². The molecule has 0 unspecified atom stereocenters. The third-order valence-electron chi connectivity index (χ3n) is 2.38. The van der Waals surface area contributed by atoms with Gasteiger partial charge >= 0.3 is 6.01 Å². The van der Waals surface area contributed by atoms with Crippen LogP contribution in [0.15, 0.2) is 6.20 Å². The molecule has 2 N–H and O–H groups in total. The largest absolute Gasteiger partial charge is 0.467 e. The Hall–Kier alpha value is -1.14. The Balaban J connectivity index is 3.00. The number of nitrogens with zero attached hydrogens (tertiary/aromatic N) is 3. The smallest absolute Gasteiger partial charge is 0.318 e. The lowest BCUT2D eigenvalue weighted by atomic mass is 10.2. The van der Waals surface area contributed by atoms with Crippen molar-refractivity contribution in [3.8, 4) is 6.01 Å². The van der Waals surface area contributed by atoms with Gasteiger partial charge in [0.25, 0.3) is 0 Å². The van der Waals surface area contributed by atoms with Gasteiger partial charge in [0.05, 0.1) is 18.3 Å². The van der Waals surface area contributed by atoms with Crippen LogP contribution >= 0.6 is 23.8 Å². The minimum absolute atomic E-state index is 0.219. The molecule has 1 aromatic heterocycles. The number of halogens is 1. The van der Waals surface area contributed by atoms with Crippen molar-refractivity contribution in [1.82, 2.24) is 9.97 Å². The molecule has 0 aliphatic rings. The fourth-order valence-corrected chi connectivity index (χ4v) is 1.77. The van der Waals surface area contributed by atoms with E-state index in [0.717, 1.165) is 0 Å². The normalized spacial score (nSPS) is 10.5. The first-order valence-corrected chi connectivity index (χ1v) is 6.35. The number of ether oxygens (including phenoxy) is 1. The van der Waals surface area contributed by atoms with Crippen molar-refractivity contribution in [2.45, 2.75) is 26.3 Å². The van der Waals surface area contributed by atoms with Crippen molar-refractivity contribution >= 4 is 34.6 Å². The molecule has 5 nitrogen and oxygen atoms in total. The summed E-state index contributed by atoms with van der Waals surface area (Å²) in [5, 5.41) is 0.479. The Bertz CT molecular complexity index is 428. The minimum atomic E-state index is 0.219. The first-order chi connectivity index (χ1) is 8.45. The number of aromatic nitrogens is 2. The van der Waals surface area contributed by atoms with Crippen molar-refractivity contribution in [3.63, 3.8) is 0 Å². The van der Waals surface area contributed by atoms with Gasteiger partial charge in [-0.05, 0) is 13.8 Å². The molecule has 0 amide bonds. The molecule has 1 aromatic rings. The standard InChI is InChI=1S/C11H17ClN4OS/c1-7(2)16(5-4-9(13)18)10-8(12)6-14-11(15-10)17-3/h6-7H,4-5H2,1-3H3,(H2,13,18). The highest BCUT2D eigenvalue weighted by molar-refractivity contribution is 7.80. The third-order valence-corrected chi connectivity index (χ3v) is 2.85. The maximum atomic E-state index is 6.12. The Morgan fingerprint density at radius 1 is 1.61 bits per heavy atom. The molecule has 0 spiro atoms. The van der Waals surface area contributed by atoms with Crippen LogP contribution in [0.5, 0.6) is 6.01 Å². The molecule has 0 saturated heterocycles. The molecule has 0 aromatic carbocycles. The summed E-state index contributed by atoms with van der Waals surface area (Å²) in [4.78, 5) is 10.7. The molecule has 1 heterocycles. The predicted octanol–water partition coefficient (Wildman–Crippen LogP) is 2.03. The number of nitrogens with two attached hydrogens (primary N) is 1. The highest BCUT2D eigenvalue weighted by atomic mass is 35.5. The van der Waals surface area contributed by atoms with Crippen molar-refractivity contribution < 1.29 is 4.74 Å². The van der Waals surface area contributed by atoms with Gasteiger partial charge in [0.15, 0.2) is 5.82 Å². The molecule has 0 fully saturated rings. The van der Waals surface area contributed by atoms with Gasteiger partial charge in [0.2, 0.25) is 0 Å². The van der Waals surface area contributed by atoms with Gasteiger partial charge in [-0.2, -0.15) is 4.98 Å². The highest BCUT2D eigenvalue weighted by Gasteiger charge is 2.17. The average Bonchev–Trinajstić information content (AvgIpc) is 2.30. The number of methoxy groups -OCH3 is 1. The second-order valence-electron chi connectivity index (χ2n) is 4.03. The van der Waals surface area contributed by atoms with Crippen LogP contribution in [0.25, 0.3) is 0 Å². The molecule has 100 valence electrons. The number of rotatable bonds is 6. The first-order valence-electron chi connectivity index (χ1n) is 5.57. The lowest BCUT2D eigenvalue weighted by molar-refractivity contribution is 0.379. The molecule has 0 saturated carbocycles. The van der Waals surface area contributed by atoms with Crippen molar-refractivity contribution in [3.05, 3.63) is 11.2 Å². The molecule has 7 heteroatoms. The SMILES string of the molecule is COc1ncc(Cl)c(N(CCC(N)=S)C(C)C)n1. The van der Waals surface area contributed by atoms with Gasteiger partial charge in [-0.15, -0.1) is 0 Å². The van der Waals surface area contributed by atoms with Crippen molar-refractivity contribution in [2.75, 3.05) is 18.6 Å². The number of anilines is 1. The Kier molecular flexibility index (Phi) is 5.55. The summed E-state index contributed by atoms with van der Waals surface area (Å²) in [7, 11) is 1.52. The van der Waals surface area contributed by atoms with Crippen LogP contribution in [-0.4, -0.2) is 34.7 Å². The fraction of sp³-hybridized carbons (Fsp3) is 0.545. The summed E-state index contributed by atoms with van der Waals surface area (Å²) in [5.41, 5.74) is 5.53. The van der Waals surface area contributed by atoms with Crippen LogP contribution in [0.1, 0.15) is 20.3 Å². The molecule has 18 heavy (non-hydrogen) atoms. The Morgan fingerprint density at radius 3 is 2.78 bits per heavy atom. The number of hydrogen-bond donors (Lipinski definition) is 1. The Labute approximate surface area is 117 Å². The first kappa shape index (κ1) is 14.9. The quantitative estimate of drug-likeness (QED) is 0.808. The van der Waals surface area contributed by atoms with Crippen LogP contribution in [0.4, 0.5) is 5.82 Å². The number of thiocarbonyl (C=S) groups is 1. The summed E-state index contributed by atoms with van der Waals surface area (Å²) < 4.78 is 5.01. The zero-order valence-corrected chi connectivity index (χ0v) is 12.3. The van der Waals surface area contributed by atoms with Crippen LogP contribution < -0.4 is 15.4 Å². The average molecular weight is 289 g/mol. The van der Waals surface area contributed by atoms with Crippen LogP contribution in [0, 0.1) is 0 Å². The lowest BCUT2D eigenvalue weighted by Crippen LogP contribution is -2.34. The topological polar surface area (TPSA) is 64.3 Å². The zero-order valence-electron chi connectivity index (χ0n) is 10.7. The molecular weight excluding hydrogens is 272 g/mol. The maximum Gasteiger partial charge on any atom is 0.318 e. The number of hydrogen-bond acceptors (Lipinski definition) is 5. The van der Waals surface area contributed by atoms with E-state index in [-0.39, 0.29) is 12.1 Å². The Morgan fingerprint density at radius 2 is 2.28 bits per heavy atom. The van der Waals surface area contributed by atoms with E-state index in [9.17, 15) is 0 Å². The molecule has 1 rings (SSSR count). The second-order valence-corrected chi connectivity index (χ2v) is 4.96. The van der Waals surface area contributed by atoms with E-state index in [2.05, 4.69) is 9.97 Å². The lowest BCUT2D eigenvalue weighted by Gasteiger charge is -2.28. The van der Waals surface area contributed by atoms with E-state index in [1.807, 2.05) is 18.7 Å². The molecule has 0 bridgehead atoms. The van der Waals surface area contributed by atoms with E-state index in [1.165, 1.54) is 13.3 Å². The van der Waals surface area contributed by atoms with Gasteiger partial charge in [-0.3, -0.25) is 0 Å². The fourth-order valence-electron chi connectivity index (χ4n) is 1.48. The van der Waals surface area contributed by atoms with Crippen LogP contribution in [0.2, 0.25) is 5.02 Å². The summed E-state index contributed by atoms with van der Waals surface area (Å²) in [5.74, 6) is 0.634. The predicted molar refractivity (Wildman–Crippen MR) is 77.5 cm³/mol. The van der Waals surface area contributed by atoms with E-state index in [1.54, 1.807) is 0 Å². The summed E-state index contributed by atoms with van der Waals surface area (Å²) in [6, 6.07) is 0.506. The summed E-state index contributed by atoms with van der Waals surface area (Å²) >= 11 is 11.0. The van der Waals surface area contributed by atoms with E-state index in [0.29, 0.717) is 28.8 Å². The van der Waals surface area contributed by atoms with Gasteiger partial charge < -0.3 is 15.4 Å². The molecular formula is C11H17ClN4OS. The second kappa shape index (κ2) is 6.70. The van der Waals surface area contributed by atoms with Crippen LogP contribution in [-0.2, 0) is 0 Å². The zero-order chi connectivity index (χ0) is 13.7. The molecule has 0 aliphatic heterocycles. The molecule has 0 aliphatic carbocycles. The third kappa shape index (κ3) is 3.96. The van der Waals surface area contributed by atoms with Crippen LogP contribution in [0.3, 0.4) is 0 Å². The van der Waals surface area contributed by atoms with Gasteiger partial charge in [0, 0.05) is 19.0 Å². The summed E-state index contributed by atoms with van der Waals surface area (Å²) in [6.07, 6.45) is 2.13.